The molecule has 0 saturated carbocycles. The van der Waals surface area contributed by atoms with E-state index in [1.54, 1.807) is 0 Å². The highest BCUT2D eigenvalue weighted by Gasteiger charge is 2.24. The van der Waals surface area contributed by atoms with Crippen LogP contribution in [0.3, 0.4) is 0 Å². The van der Waals surface area contributed by atoms with Crippen LogP contribution in [0.1, 0.15) is 27.2 Å². The molecule has 2 nitrogen and oxygen atoms in total. The van der Waals surface area contributed by atoms with Gasteiger partial charge in [0.2, 0.25) is 0 Å². The molecule has 86 valence electrons. The molecule has 0 spiro atoms. The fourth-order valence-electron chi connectivity index (χ4n) is 1.04. The van der Waals surface area contributed by atoms with E-state index >= 15 is 0 Å². The van der Waals surface area contributed by atoms with Crippen LogP contribution >= 0.6 is 0 Å². The Morgan fingerprint density at radius 1 is 1.00 bits per heavy atom. The van der Waals surface area contributed by atoms with Crippen LogP contribution in [-0.4, -0.2) is 22.9 Å². The molecule has 1 aromatic rings. The molecule has 1 atom stereocenters. The second kappa shape index (κ2) is 7.43. The minimum atomic E-state index is -0.387. The molecule has 0 aliphatic rings. The van der Waals surface area contributed by atoms with E-state index in [-0.39, 0.29) is 18.1 Å². The first-order valence-electron chi connectivity index (χ1n) is 5.33. The van der Waals surface area contributed by atoms with Crippen LogP contribution in [0.5, 0.6) is 0 Å². The summed E-state index contributed by atoms with van der Waals surface area (Å²) in [6.45, 7) is 5.65. The summed E-state index contributed by atoms with van der Waals surface area (Å²) in [7, 11) is 0. The fourth-order valence-corrected chi connectivity index (χ4v) is 1.04. The van der Waals surface area contributed by atoms with Gasteiger partial charge in [-0.2, -0.15) is 0 Å². The van der Waals surface area contributed by atoms with E-state index < -0.39 is 0 Å². The van der Waals surface area contributed by atoms with Crippen molar-refractivity contribution in [3.63, 3.8) is 0 Å². The van der Waals surface area contributed by atoms with Crippen molar-refractivity contribution in [2.45, 2.75) is 33.3 Å². The Morgan fingerprint density at radius 2 is 1.33 bits per heavy atom. The van der Waals surface area contributed by atoms with Gasteiger partial charge in [0.15, 0.2) is 0 Å². The number of aliphatic hydroxyl groups excluding tert-OH is 2. The van der Waals surface area contributed by atoms with Crippen molar-refractivity contribution in [3.8, 4) is 0 Å². The third-order valence-electron chi connectivity index (χ3n) is 2.36. The lowest BCUT2D eigenvalue weighted by molar-refractivity contribution is 0.00591. The predicted octanol–water partition coefficient (Wildman–Crippen LogP) is 2.46. The molecule has 0 heterocycles. The van der Waals surface area contributed by atoms with Gasteiger partial charge < -0.3 is 10.2 Å². The molecule has 0 aromatic heterocycles. The molecule has 0 aliphatic carbocycles. The molecule has 0 saturated heterocycles. The normalized spacial score (nSPS) is 12.6. The molecule has 2 heteroatoms. The molecule has 1 rings (SSSR count). The molecule has 0 amide bonds. The maximum atomic E-state index is 9.23. The summed E-state index contributed by atoms with van der Waals surface area (Å²) in [4.78, 5) is 0. The van der Waals surface area contributed by atoms with Gasteiger partial charge in [-0.25, -0.2) is 0 Å². The Kier molecular flexibility index (Phi) is 7.01. The van der Waals surface area contributed by atoms with Crippen LogP contribution in [0, 0.1) is 5.41 Å². The summed E-state index contributed by atoms with van der Waals surface area (Å²) in [5, 5.41) is 18.0. The Morgan fingerprint density at radius 3 is 1.47 bits per heavy atom. The number of hydrogen-bond donors (Lipinski definition) is 2. The van der Waals surface area contributed by atoms with Gasteiger partial charge >= 0.3 is 0 Å². The quantitative estimate of drug-likeness (QED) is 0.804. The number of hydrogen-bond acceptors (Lipinski definition) is 2. The zero-order valence-electron chi connectivity index (χ0n) is 9.85. The number of rotatable bonds is 3. The lowest BCUT2D eigenvalue weighted by Crippen LogP contribution is -2.31. The fraction of sp³-hybridized carbons (Fsp3) is 0.538. The van der Waals surface area contributed by atoms with Gasteiger partial charge in [-0.1, -0.05) is 57.2 Å². The number of benzene rings is 1. The van der Waals surface area contributed by atoms with Gasteiger partial charge in [0, 0.05) is 5.41 Å². The molecule has 0 bridgehead atoms. The average Bonchev–Trinajstić information content (AvgIpc) is 2.31. The van der Waals surface area contributed by atoms with E-state index in [9.17, 15) is 5.11 Å². The van der Waals surface area contributed by atoms with E-state index in [0.717, 1.165) is 0 Å². The van der Waals surface area contributed by atoms with E-state index in [2.05, 4.69) is 0 Å². The van der Waals surface area contributed by atoms with Crippen molar-refractivity contribution >= 4 is 0 Å². The molecular weight excluding hydrogens is 188 g/mol. The third-order valence-corrected chi connectivity index (χ3v) is 2.36. The molecule has 0 aliphatic heterocycles. The predicted molar refractivity (Wildman–Crippen MR) is 63.6 cm³/mol. The first-order valence-corrected chi connectivity index (χ1v) is 5.33. The molecular formula is C13H22O2. The van der Waals surface area contributed by atoms with Crippen molar-refractivity contribution < 1.29 is 10.2 Å². The molecule has 1 aromatic carbocycles. The van der Waals surface area contributed by atoms with Crippen LogP contribution < -0.4 is 0 Å². The monoisotopic (exact) mass is 210 g/mol. The Bertz CT molecular complexity index is 205. The smallest absolute Gasteiger partial charge is 0.0610 e. The summed E-state index contributed by atoms with van der Waals surface area (Å²) >= 11 is 0. The highest BCUT2D eigenvalue weighted by molar-refractivity contribution is 4.99. The Balaban J connectivity index is 0.000000280. The van der Waals surface area contributed by atoms with Gasteiger partial charge in [-0.05, 0) is 6.42 Å². The highest BCUT2D eigenvalue weighted by Crippen LogP contribution is 2.21. The van der Waals surface area contributed by atoms with Crippen molar-refractivity contribution in [1.82, 2.24) is 0 Å². The first kappa shape index (κ1) is 14.1. The lowest BCUT2D eigenvalue weighted by atomic mass is 9.86. The summed E-state index contributed by atoms with van der Waals surface area (Å²) in [6.07, 6.45) is 0.315. The van der Waals surface area contributed by atoms with Crippen molar-refractivity contribution in [1.29, 1.82) is 0 Å². The van der Waals surface area contributed by atoms with Crippen molar-refractivity contribution in [2.24, 2.45) is 5.41 Å². The second-order valence-corrected chi connectivity index (χ2v) is 4.23. The van der Waals surface area contributed by atoms with E-state index in [1.807, 2.05) is 57.2 Å². The van der Waals surface area contributed by atoms with Gasteiger partial charge in [0.1, 0.15) is 0 Å². The van der Waals surface area contributed by atoms with E-state index in [4.69, 9.17) is 5.11 Å². The highest BCUT2D eigenvalue weighted by atomic mass is 16.3. The molecule has 0 fully saturated rings. The van der Waals surface area contributed by atoms with E-state index in [0.29, 0.717) is 6.42 Å². The zero-order valence-corrected chi connectivity index (χ0v) is 9.85. The molecule has 1 unspecified atom stereocenters. The largest absolute Gasteiger partial charge is 0.396 e. The van der Waals surface area contributed by atoms with Crippen molar-refractivity contribution in [3.05, 3.63) is 36.4 Å². The Labute approximate surface area is 92.6 Å². The van der Waals surface area contributed by atoms with Crippen molar-refractivity contribution in [2.75, 3.05) is 6.61 Å². The van der Waals surface area contributed by atoms with Crippen LogP contribution in [0.2, 0.25) is 0 Å². The average molecular weight is 210 g/mol. The van der Waals surface area contributed by atoms with Gasteiger partial charge in [0.25, 0.3) is 0 Å². The lowest BCUT2D eigenvalue weighted by Gasteiger charge is -2.26. The maximum absolute atomic E-state index is 9.23. The summed E-state index contributed by atoms with van der Waals surface area (Å²) in [5.74, 6) is 0. The van der Waals surface area contributed by atoms with Crippen LogP contribution in [0.4, 0.5) is 0 Å². The minimum Gasteiger partial charge on any atom is -0.396 e. The maximum Gasteiger partial charge on any atom is 0.0610 e. The van der Waals surface area contributed by atoms with Crippen LogP contribution in [-0.2, 0) is 0 Å². The van der Waals surface area contributed by atoms with Gasteiger partial charge in [-0.3, -0.25) is 0 Å². The van der Waals surface area contributed by atoms with Gasteiger partial charge in [-0.15, -0.1) is 0 Å². The SMILES string of the molecule is CCC(O)C(C)(C)CO.c1ccccc1. The summed E-state index contributed by atoms with van der Waals surface area (Å²) in [6, 6.07) is 12.0. The standard InChI is InChI=1S/C7H16O2.C6H6/c1-4-6(9)7(2,3)5-8;1-2-4-6-5-3-1/h6,8-9H,4-5H2,1-3H3;1-6H. The van der Waals surface area contributed by atoms with Crippen LogP contribution in [0.15, 0.2) is 36.4 Å². The van der Waals surface area contributed by atoms with E-state index in [1.165, 1.54) is 0 Å². The summed E-state index contributed by atoms with van der Waals surface area (Å²) in [5.41, 5.74) is -0.339. The molecule has 2 N–H and O–H groups in total. The minimum absolute atomic E-state index is 0.0437. The second-order valence-electron chi connectivity index (χ2n) is 4.23. The Hall–Kier alpha value is -0.860. The third kappa shape index (κ3) is 6.26. The van der Waals surface area contributed by atoms with Gasteiger partial charge in [0.05, 0.1) is 12.7 Å². The molecule has 15 heavy (non-hydrogen) atoms. The summed E-state index contributed by atoms with van der Waals surface area (Å²) < 4.78 is 0. The number of aliphatic hydroxyl groups is 2. The first-order chi connectivity index (χ1) is 7.04. The van der Waals surface area contributed by atoms with Crippen LogP contribution in [0.25, 0.3) is 0 Å². The molecule has 0 radical (unpaired) electrons. The zero-order chi connectivity index (χ0) is 11.7. The topological polar surface area (TPSA) is 40.5 Å².